The minimum atomic E-state index is -3.74. The van der Waals surface area contributed by atoms with Gasteiger partial charge < -0.3 is 0 Å². The standard InChI is InChI=1S/C12H8BrClFNO2S/c13-8-1-4-10(5-2-8)19(17,18)16-12-6-3-9(15)7-11(12)14/h1-7,16H. The summed E-state index contributed by atoms with van der Waals surface area (Å²) in [6.07, 6.45) is 0. The molecule has 19 heavy (non-hydrogen) atoms. The first kappa shape index (κ1) is 14.3. The predicted octanol–water partition coefficient (Wildman–Crippen LogP) is 4.04. The first-order chi connectivity index (χ1) is 8.88. The van der Waals surface area contributed by atoms with Crippen LogP contribution in [0.1, 0.15) is 0 Å². The Hall–Kier alpha value is -1.11. The Bertz CT molecular complexity index is 704. The fourth-order valence-electron chi connectivity index (χ4n) is 1.39. The molecular weight excluding hydrogens is 357 g/mol. The Morgan fingerprint density at radius 1 is 1.11 bits per heavy atom. The maximum absolute atomic E-state index is 12.9. The summed E-state index contributed by atoms with van der Waals surface area (Å²) in [6, 6.07) is 9.57. The third kappa shape index (κ3) is 3.46. The predicted molar refractivity (Wildman–Crippen MR) is 76.4 cm³/mol. The second-order valence-electron chi connectivity index (χ2n) is 3.68. The molecule has 0 spiro atoms. The van der Waals surface area contributed by atoms with Crippen LogP contribution in [0.2, 0.25) is 5.02 Å². The molecule has 0 aliphatic carbocycles. The molecule has 0 saturated carbocycles. The van der Waals surface area contributed by atoms with Gasteiger partial charge in [-0.3, -0.25) is 4.72 Å². The van der Waals surface area contributed by atoms with E-state index in [0.717, 1.165) is 16.6 Å². The zero-order valence-corrected chi connectivity index (χ0v) is 12.6. The molecule has 0 fully saturated rings. The maximum atomic E-state index is 12.9. The van der Waals surface area contributed by atoms with Gasteiger partial charge >= 0.3 is 0 Å². The molecule has 0 radical (unpaired) electrons. The molecule has 7 heteroatoms. The average Bonchev–Trinajstić information content (AvgIpc) is 2.33. The summed E-state index contributed by atoms with van der Waals surface area (Å²) < 4.78 is 40.1. The van der Waals surface area contributed by atoms with Gasteiger partial charge in [0.05, 0.1) is 15.6 Å². The summed E-state index contributed by atoms with van der Waals surface area (Å²) in [4.78, 5) is 0.0936. The van der Waals surface area contributed by atoms with Gasteiger partial charge in [0.25, 0.3) is 10.0 Å². The van der Waals surface area contributed by atoms with Crippen LogP contribution in [0.4, 0.5) is 10.1 Å². The van der Waals surface area contributed by atoms with E-state index in [1.165, 1.54) is 18.2 Å². The minimum absolute atomic E-state index is 0.000636. The van der Waals surface area contributed by atoms with Gasteiger partial charge in [-0.2, -0.15) is 0 Å². The summed E-state index contributed by atoms with van der Waals surface area (Å²) in [5.74, 6) is -0.531. The molecule has 1 N–H and O–H groups in total. The van der Waals surface area contributed by atoms with Crippen LogP contribution in [0, 0.1) is 5.82 Å². The van der Waals surface area contributed by atoms with E-state index in [0.29, 0.717) is 0 Å². The highest BCUT2D eigenvalue weighted by atomic mass is 79.9. The van der Waals surface area contributed by atoms with Crippen molar-refractivity contribution in [2.24, 2.45) is 0 Å². The molecule has 100 valence electrons. The number of hydrogen-bond donors (Lipinski definition) is 1. The Morgan fingerprint density at radius 2 is 1.74 bits per heavy atom. The normalized spacial score (nSPS) is 11.3. The van der Waals surface area contributed by atoms with Crippen LogP contribution >= 0.6 is 27.5 Å². The summed E-state index contributed by atoms with van der Waals surface area (Å²) in [7, 11) is -3.74. The molecule has 2 aromatic rings. The SMILES string of the molecule is O=S(=O)(Nc1ccc(F)cc1Cl)c1ccc(Br)cc1. The third-order valence-electron chi connectivity index (χ3n) is 2.30. The number of benzene rings is 2. The van der Waals surface area contributed by atoms with Crippen molar-refractivity contribution in [3.63, 3.8) is 0 Å². The molecule has 0 amide bonds. The van der Waals surface area contributed by atoms with E-state index in [2.05, 4.69) is 20.7 Å². The van der Waals surface area contributed by atoms with Gasteiger partial charge in [-0.25, -0.2) is 12.8 Å². The van der Waals surface area contributed by atoms with Crippen LogP contribution in [0.3, 0.4) is 0 Å². The molecule has 0 unspecified atom stereocenters. The van der Waals surface area contributed by atoms with E-state index in [1.807, 2.05) is 0 Å². The molecule has 0 aliphatic rings. The Balaban J connectivity index is 2.33. The van der Waals surface area contributed by atoms with E-state index in [9.17, 15) is 12.8 Å². The van der Waals surface area contributed by atoms with Crippen LogP contribution in [0.25, 0.3) is 0 Å². The van der Waals surface area contributed by atoms with Crippen molar-refractivity contribution in [1.82, 2.24) is 0 Å². The average molecular weight is 365 g/mol. The topological polar surface area (TPSA) is 46.2 Å². The fourth-order valence-corrected chi connectivity index (χ4v) is 3.00. The molecule has 0 saturated heterocycles. The van der Waals surface area contributed by atoms with E-state index in [4.69, 9.17) is 11.6 Å². The van der Waals surface area contributed by atoms with Gasteiger partial charge in [0.2, 0.25) is 0 Å². The molecule has 0 atom stereocenters. The number of hydrogen-bond acceptors (Lipinski definition) is 2. The molecule has 0 aromatic heterocycles. The van der Waals surface area contributed by atoms with Crippen molar-refractivity contribution in [3.8, 4) is 0 Å². The van der Waals surface area contributed by atoms with Crippen molar-refractivity contribution in [2.75, 3.05) is 4.72 Å². The lowest BCUT2D eigenvalue weighted by Crippen LogP contribution is -2.13. The number of anilines is 1. The van der Waals surface area contributed by atoms with Gasteiger partial charge in [-0.15, -0.1) is 0 Å². The van der Waals surface area contributed by atoms with Crippen LogP contribution in [0.15, 0.2) is 51.8 Å². The van der Waals surface area contributed by atoms with E-state index in [-0.39, 0.29) is 15.6 Å². The monoisotopic (exact) mass is 363 g/mol. The van der Waals surface area contributed by atoms with Crippen molar-refractivity contribution >= 4 is 43.2 Å². The Kier molecular flexibility index (Phi) is 4.13. The highest BCUT2D eigenvalue weighted by Crippen LogP contribution is 2.25. The Morgan fingerprint density at radius 3 is 2.32 bits per heavy atom. The second-order valence-corrected chi connectivity index (χ2v) is 6.69. The first-order valence-corrected chi connectivity index (χ1v) is 7.77. The zero-order chi connectivity index (χ0) is 14.0. The lowest BCUT2D eigenvalue weighted by molar-refractivity contribution is 0.601. The fraction of sp³-hybridized carbons (Fsp3) is 0. The van der Waals surface area contributed by atoms with E-state index in [1.54, 1.807) is 12.1 Å². The summed E-state index contributed by atoms with van der Waals surface area (Å²) in [6.45, 7) is 0. The summed E-state index contributed by atoms with van der Waals surface area (Å²) >= 11 is 8.99. The largest absolute Gasteiger partial charge is 0.278 e. The van der Waals surface area contributed by atoms with Gasteiger partial charge in [-0.1, -0.05) is 27.5 Å². The second kappa shape index (κ2) is 5.48. The highest BCUT2D eigenvalue weighted by molar-refractivity contribution is 9.10. The molecule has 0 bridgehead atoms. The van der Waals surface area contributed by atoms with E-state index >= 15 is 0 Å². The lowest BCUT2D eigenvalue weighted by Gasteiger charge is -2.09. The zero-order valence-electron chi connectivity index (χ0n) is 9.40. The van der Waals surface area contributed by atoms with Crippen LogP contribution in [0.5, 0.6) is 0 Å². The molecule has 2 rings (SSSR count). The van der Waals surface area contributed by atoms with Gasteiger partial charge in [-0.05, 0) is 42.5 Å². The summed E-state index contributed by atoms with van der Waals surface area (Å²) in [5.41, 5.74) is 0.131. The summed E-state index contributed by atoms with van der Waals surface area (Å²) in [5, 5.41) is 0.000636. The lowest BCUT2D eigenvalue weighted by atomic mass is 10.3. The van der Waals surface area contributed by atoms with Gasteiger partial charge in [0.15, 0.2) is 0 Å². The highest BCUT2D eigenvalue weighted by Gasteiger charge is 2.15. The van der Waals surface area contributed by atoms with Gasteiger partial charge in [0.1, 0.15) is 5.82 Å². The van der Waals surface area contributed by atoms with Crippen molar-refractivity contribution in [2.45, 2.75) is 4.90 Å². The molecule has 0 heterocycles. The maximum Gasteiger partial charge on any atom is 0.261 e. The quantitative estimate of drug-likeness (QED) is 0.893. The minimum Gasteiger partial charge on any atom is -0.278 e. The van der Waals surface area contributed by atoms with Crippen molar-refractivity contribution in [3.05, 3.63) is 57.8 Å². The molecule has 0 aliphatic heterocycles. The first-order valence-electron chi connectivity index (χ1n) is 5.12. The van der Waals surface area contributed by atoms with Crippen LogP contribution in [-0.4, -0.2) is 8.42 Å². The molecular formula is C12H8BrClFNO2S. The smallest absolute Gasteiger partial charge is 0.261 e. The van der Waals surface area contributed by atoms with E-state index < -0.39 is 15.8 Å². The van der Waals surface area contributed by atoms with Crippen LogP contribution < -0.4 is 4.72 Å². The Labute approximate surface area is 123 Å². The number of halogens is 3. The van der Waals surface area contributed by atoms with Crippen molar-refractivity contribution < 1.29 is 12.8 Å². The van der Waals surface area contributed by atoms with Crippen LogP contribution in [-0.2, 0) is 10.0 Å². The van der Waals surface area contributed by atoms with Crippen molar-refractivity contribution in [1.29, 1.82) is 0 Å². The molecule has 2 aromatic carbocycles. The number of sulfonamides is 1. The molecule has 3 nitrogen and oxygen atoms in total. The number of rotatable bonds is 3. The third-order valence-corrected chi connectivity index (χ3v) is 4.52. The van der Waals surface area contributed by atoms with Gasteiger partial charge in [0, 0.05) is 4.47 Å². The number of nitrogens with one attached hydrogen (secondary N) is 1.